The van der Waals surface area contributed by atoms with Crippen LogP contribution in [0, 0.1) is 11.3 Å². The number of carbonyl (C=O) groups is 2. The third-order valence-electron chi connectivity index (χ3n) is 8.48. The molecule has 0 aromatic carbocycles. The van der Waals surface area contributed by atoms with Crippen LogP contribution in [0.2, 0.25) is 0 Å². The fourth-order valence-electron chi connectivity index (χ4n) is 6.41. The molecule has 6 rings (SSSR count). The first kappa shape index (κ1) is 20.8. The van der Waals surface area contributed by atoms with E-state index in [9.17, 15) is 9.59 Å². The van der Waals surface area contributed by atoms with Gasteiger partial charge in [0.15, 0.2) is 5.82 Å². The lowest BCUT2D eigenvalue weighted by atomic mass is 9.71. The third kappa shape index (κ3) is 3.27. The van der Waals surface area contributed by atoms with Crippen molar-refractivity contribution in [3.05, 3.63) is 34.8 Å². The number of carbonyl (C=O) groups excluding carboxylic acids is 2. The molecule has 9 heteroatoms. The van der Waals surface area contributed by atoms with E-state index in [0.717, 1.165) is 63.1 Å². The predicted molar refractivity (Wildman–Crippen MR) is 119 cm³/mol. The van der Waals surface area contributed by atoms with Crippen molar-refractivity contribution in [2.45, 2.75) is 58.0 Å². The molecule has 33 heavy (non-hydrogen) atoms. The van der Waals surface area contributed by atoms with E-state index in [1.54, 1.807) is 6.92 Å². The number of aromatic nitrogens is 4. The summed E-state index contributed by atoms with van der Waals surface area (Å²) in [7, 11) is 2.23. The van der Waals surface area contributed by atoms with Crippen LogP contribution in [-0.2, 0) is 20.9 Å². The van der Waals surface area contributed by atoms with Crippen molar-refractivity contribution in [1.82, 2.24) is 30.0 Å². The number of fused-ring (bicyclic) bond motifs is 3. The monoisotopic (exact) mass is 450 g/mol. The number of nitrogens with zero attached hydrogens (tertiary/aromatic N) is 6. The number of hydrogen-bond acceptors (Lipinski definition) is 7. The molecule has 1 unspecified atom stereocenters. The van der Waals surface area contributed by atoms with Crippen molar-refractivity contribution in [1.29, 1.82) is 0 Å². The maximum Gasteiger partial charge on any atom is 0.336 e. The number of hydrogen-bond donors (Lipinski definition) is 0. The van der Waals surface area contributed by atoms with E-state index in [4.69, 9.17) is 4.74 Å². The quantitative estimate of drug-likeness (QED) is 0.647. The first-order valence-corrected chi connectivity index (χ1v) is 12.0. The molecule has 0 radical (unpaired) electrons. The molecular formula is C24H30N6O3. The second kappa shape index (κ2) is 7.62. The largest absolute Gasteiger partial charge is 0.456 e. The highest BCUT2D eigenvalue weighted by Crippen LogP contribution is 2.47. The van der Waals surface area contributed by atoms with Crippen LogP contribution >= 0.6 is 0 Å². The fourth-order valence-corrected chi connectivity index (χ4v) is 6.41. The van der Waals surface area contributed by atoms with Gasteiger partial charge in [0.1, 0.15) is 6.61 Å². The van der Waals surface area contributed by atoms with E-state index < -0.39 is 0 Å². The Bertz CT molecular complexity index is 1110. The van der Waals surface area contributed by atoms with Crippen LogP contribution in [0.15, 0.2) is 29.0 Å². The summed E-state index contributed by atoms with van der Waals surface area (Å²) in [6.07, 6.45) is 10.5. The third-order valence-corrected chi connectivity index (χ3v) is 8.48. The molecule has 3 aliphatic heterocycles. The van der Waals surface area contributed by atoms with Gasteiger partial charge in [0.2, 0.25) is 5.91 Å². The summed E-state index contributed by atoms with van der Waals surface area (Å²) in [5.41, 5.74) is 3.62. The maximum atomic E-state index is 13.4. The highest BCUT2D eigenvalue weighted by Gasteiger charge is 2.50. The summed E-state index contributed by atoms with van der Waals surface area (Å²) in [5.74, 6) is 1.29. The molecular weight excluding hydrogens is 420 g/mol. The van der Waals surface area contributed by atoms with Gasteiger partial charge >= 0.3 is 5.97 Å². The molecule has 1 aromatic heterocycles. The van der Waals surface area contributed by atoms with Crippen molar-refractivity contribution in [2.24, 2.45) is 11.3 Å². The van der Waals surface area contributed by atoms with E-state index in [0.29, 0.717) is 24.1 Å². The molecule has 1 amide bonds. The van der Waals surface area contributed by atoms with E-state index in [-0.39, 0.29) is 23.9 Å². The van der Waals surface area contributed by atoms with Crippen LogP contribution in [0.1, 0.15) is 51.3 Å². The van der Waals surface area contributed by atoms with Gasteiger partial charge in [-0.05, 0) is 74.4 Å². The van der Waals surface area contributed by atoms with Crippen molar-refractivity contribution in [3.8, 4) is 0 Å². The molecule has 0 bridgehead atoms. The van der Waals surface area contributed by atoms with Gasteiger partial charge in [-0.2, -0.15) is 0 Å². The van der Waals surface area contributed by atoms with Gasteiger partial charge in [-0.1, -0.05) is 12.2 Å². The molecule has 4 heterocycles. The van der Waals surface area contributed by atoms with Gasteiger partial charge in [-0.3, -0.25) is 4.79 Å². The average molecular weight is 451 g/mol. The highest BCUT2D eigenvalue weighted by atomic mass is 16.5. The lowest BCUT2D eigenvalue weighted by Crippen LogP contribution is -2.44. The zero-order chi connectivity index (χ0) is 22.7. The zero-order valence-corrected chi connectivity index (χ0v) is 19.3. The van der Waals surface area contributed by atoms with Crippen molar-refractivity contribution in [2.75, 3.05) is 26.7 Å². The Balaban J connectivity index is 1.06. The van der Waals surface area contributed by atoms with E-state index >= 15 is 0 Å². The van der Waals surface area contributed by atoms with E-state index in [1.165, 1.54) is 11.1 Å². The number of tetrazole rings is 1. The Hall–Kier alpha value is -2.81. The Morgan fingerprint density at radius 1 is 1.24 bits per heavy atom. The smallest absolute Gasteiger partial charge is 0.336 e. The summed E-state index contributed by atoms with van der Waals surface area (Å²) >= 11 is 0. The van der Waals surface area contributed by atoms with Gasteiger partial charge < -0.3 is 14.5 Å². The molecule has 1 spiro atoms. The van der Waals surface area contributed by atoms with Gasteiger partial charge in [0.05, 0.1) is 23.2 Å². The van der Waals surface area contributed by atoms with Crippen LogP contribution in [-0.4, -0.2) is 74.7 Å². The molecule has 2 aliphatic carbocycles. The number of allylic oxidation sites excluding steroid dienone is 3. The number of likely N-dealkylation sites (tertiary alicyclic amines) is 1. The Morgan fingerprint density at radius 3 is 2.82 bits per heavy atom. The number of amides is 1. The van der Waals surface area contributed by atoms with Gasteiger partial charge in [0, 0.05) is 24.7 Å². The average Bonchev–Trinajstić information content (AvgIpc) is 3.55. The van der Waals surface area contributed by atoms with Gasteiger partial charge in [-0.15, -0.1) is 5.10 Å². The number of esters is 1. The minimum Gasteiger partial charge on any atom is -0.456 e. The maximum absolute atomic E-state index is 13.4. The summed E-state index contributed by atoms with van der Waals surface area (Å²) in [4.78, 5) is 29.5. The number of rotatable bonds is 4. The summed E-state index contributed by atoms with van der Waals surface area (Å²) < 4.78 is 7.01. The molecule has 1 saturated carbocycles. The van der Waals surface area contributed by atoms with Crippen molar-refractivity contribution in [3.63, 3.8) is 0 Å². The normalized spacial score (nSPS) is 31.3. The van der Waals surface area contributed by atoms with Gasteiger partial charge in [0.25, 0.3) is 0 Å². The first-order chi connectivity index (χ1) is 15.9. The van der Waals surface area contributed by atoms with E-state index in [2.05, 4.69) is 39.6 Å². The molecule has 9 nitrogen and oxygen atoms in total. The SMILES string of the molecule is CC1=C(N2CCC3(CCC(N(C)CC4C=C5Cn6nnnc6C5=CC4)CC3)C2=O)COC1=O. The second-order valence-corrected chi connectivity index (χ2v) is 10.3. The lowest BCUT2D eigenvalue weighted by molar-refractivity contribution is -0.138. The summed E-state index contributed by atoms with van der Waals surface area (Å²) in [6.45, 7) is 4.49. The molecule has 174 valence electrons. The lowest BCUT2D eigenvalue weighted by Gasteiger charge is -2.40. The topological polar surface area (TPSA) is 93.5 Å². The van der Waals surface area contributed by atoms with E-state index in [1.807, 2.05) is 9.58 Å². The number of cyclic esters (lactones) is 1. The van der Waals surface area contributed by atoms with Crippen molar-refractivity contribution < 1.29 is 14.3 Å². The van der Waals surface area contributed by atoms with Crippen LogP contribution in [0.25, 0.3) is 5.57 Å². The minimum atomic E-state index is -0.292. The van der Waals surface area contributed by atoms with Crippen LogP contribution < -0.4 is 0 Å². The van der Waals surface area contributed by atoms with Crippen molar-refractivity contribution >= 4 is 17.4 Å². The van der Waals surface area contributed by atoms with Gasteiger partial charge in [-0.25, -0.2) is 9.48 Å². The standard InChI is InChI=1S/C24H30N6O3/c1-15-20(14-33-22(15)31)29-10-9-24(23(29)32)7-5-18(6-8-24)28(2)12-16-3-4-19-17(11-16)13-30-21(19)25-26-27-30/h4,11,16,18H,3,5-10,12-14H2,1-2H3. The summed E-state index contributed by atoms with van der Waals surface area (Å²) in [6, 6.07) is 0.503. The Morgan fingerprint density at radius 2 is 2.06 bits per heavy atom. The zero-order valence-electron chi connectivity index (χ0n) is 19.3. The molecule has 5 aliphatic rings. The predicted octanol–water partition coefficient (Wildman–Crippen LogP) is 1.94. The second-order valence-electron chi connectivity index (χ2n) is 10.3. The highest BCUT2D eigenvalue weighted by molar-refractivity contribution is 5.94. The Kier molecular flexibility index (Phi) is 4.79. The minimum absolute atomic E-state index is 0.202. The number of ether oxygens (including phenoxy) is 1. The molecule has 1 atom stereocenters. The summed E-state index contributed by atoms with van der Waals surface area (Å²) in [5, 5.41) is 12.0. The molecule has 2 fully saturated rings. The van der Waals surface area contributed by atoms with Crippen LogP contribution in [0.4, 0.5) is 0 Å². The molecule has 0 N–H and O–H groups in total. The Labute approximate surface area is 193 Å². The van der Waals surface area contributed by atoms with Crippen LogP contribution in [0.3, 0.4) is 0 Å². The first-order valence-electron chi connectivity index (χ1n) is 12.0. The van der Waals surface area contributed by atoms with Crippen LogP contribution in [0.5, 0.6) is 0 Å². The molecule has 1 saturated heterocycles. The fraction of sp³-hybridized carbons (Fsp3) is 0.625. The molecule has 1 aromatic rings.